The topological polar surface area (TPSA) is 52.3 Å². The normalized spacial score (nSPS) is 11.6. The fourth-order valence-electron chi connectivity index (χ4n) is 1.07. The van der Waals surface area contributed by atoms with Gasteiger partial charge in [0.05, 0.1) is 17.2 Å². The van der Waals surface area contributed by atoms with Crippen LogP contribution >= 0.6 is 47.2 Å². The van der Waals surface area contributed by atoms with Gasteiger partial charge >= 0.3 is 5.97 Å². The van der Waals surface area contributed by atoms with Gasteiger partial charge in [-0.3, -0.25) is 4.79 Å². The first-order valence-electron chi connectivity index (χ1n) is 3.95. The van der Waals surface area contributed by atoms with Crippen LogP contribution in [0.3, 0.4) is 0 Å². The lowest BCUT2D eigenvalue weighted by Gasteiger charge is -2.13. The maximum absolute atomic E-state index is 11.2. The van der Waals surface area contributed by atoms with Crippen LogP contribution in [0.5, 0.6) is 0 Å². The summed E-state index contributed by atoms with van der Waals surface area (Å²) in [6, 6.07) is 2.02. The van der Waals surface area contributed by atoms with Crippen LogP contribution in [0.2, 0.25) is 15.1 Å². The molecule has 1 aromatic rings. The van der Waals surface area contributed by atoms with Crippen molar-refractivity contribution in [1.29, 1.82) is 0 Å². The van der Waals surface area contributed by atoms with E-state index in [4.69, 9.17) is 40.5 Å². The summed E-state index contributed by atoms with van der Waals surface area (Å²) in [6.45, 7) is 0. The molecule has 0 unspecified atom stereocenters. The van der Waals surface area contributed by atoms with E-state index >= 15 is 0 Å². The lowest BCUT2D eigenvalue weighted by atomic mass is 10.1. The summed E-state index contributed by atoms with van der Waals surface area (Å²) in [5.41, 5.74) is 5.89. The van der Waals surface area contributed by atoms with Crippen molar-refractivity contribution < 1.29 is 9.53 Å². The molecule has 0 spiro atoms. The van der Waals surface area contributed by atoms with Gasteiger partial charge in [0.1, 0.15) is 6.04 Å². The molecule has 0 saturated carbocycles. The zero-order chi connectivity index (χ0) is 11.6. The summed E-state index contributed by atoms with van der Waals surface area (Å²) in [6.07, 6.45) is 0. The van der Waals surface area contributed by atoms with E-state index in [1.807, 2.05) is 0 Å². The average Bonchev–Trinajstić information content (AvgIpc) is 2.22. The van der Waals surface area contributed by atoms with Gasteiger partial charge in [-0.1, -0.05) is 34.8 Å². The van der Waals surface area contributed by atoms with E-state index in [1.54, 1.807) is 0 Å². The highest BCUT2D eigenvalue weighted by molar-refractivity contribution is 6.44. The molecule has 1 rings (SSSR count). The SMILES string of the molecule is COC(=O)[C@@H](N)c1c(Cl)ccc(Cl)c1Cl.Cl. The molecule has 0 fully saturated rings. The average molecular weight is 305 g/mol. The van der Waals surface area contributed by atoms with Crippen molar-refractivity contribution in [2.45, 2.75) is 6.04 Å². The van der Waals surface area contributed by atoms with E-state index in [1.165, 1.54) is 19.2 Å². The van der Waals surface area contributed by atoms with Gasteiger partial charge in [-0.2, -0.15) is 0 Å². The third kappa shape index (κ3) is 3.15. The molecule has 1 aromatic carbocycles. The van der Waals surface area contributed by atoms with Crippen molar-refractivity contribution in [2.75, 3.05) is 7.11 Å². The molecular formula is C9H9Cl4NO2. The number of esters is 1. The fourth-order valence-corrected chi connectivity index (χ4v) is 1.84. The number of carbonyl (C=O) groups is 1. The van der Waals surface area contributed by atoms with E-state index in [2.05, 4.69) is 4.74 Å². The number of nitrogens with two attached hydrogens (primary N) is 1. The van der Waals surface area contributed by atoms with E-state index in [0.29, 0.717) is 0 Å². The van der Waals surface area contributed by atoms with Gasteiger partial charge in [0, 0.05) is 10.6 Å². The van der Waals surface area contributed by atoms with Crippen molar-refractivity contribution in [1.82, 2.24) is 0 Å². The molecule has 0 bridgehead atoms. The second-order valence-corrected chi connectivity index (χ2v) is 3.95. The lowest BCUT2D eigenvalue weighted by Crippen LogP contribution is -2.23. The fraction of sp³-hybridized carbons (Fsp3) is 0.222. The molecule has 0 saturated heterocycles. The van der Waals surface area contributed by atoms with Gasteiger partial charge in [-0.15, -0.1) is 12.4 Å². The Balaban J connectivity index is 0.00000225. The number of rotatable bonds is 2. The maximum atomic E-state index is 11.2. The Hall–Kier alpha value is -0.190. The van der Waals surface area contributed by atoms with Crippen LogP contribution in [0.25, 0.3) is 0 Å². The number of hydrogen-bond donors (Lipinski definition) is 1. The van der Waals surface area contributed by atoms with Crippen LogP contribution in [0.4, 0.5) is 0 Å². The van der Waals surface area contributed by atoms with Crippen LogP contribution in [0.15, 0.2) is 12.1 Å². The van der Waals surface area contributed by atoms with Gasteiger partial charge in [0.15, 0.2) is 0 Å². The van der Waals surface area contributed by atoms with Crippen LogP contribution in [-0.2, 0) is 9.53 Å². The molecule has 0 radical (unpaired) electrons. The van der Waals surface area contributed by atoms with Crippen LogP contribution in [0, 0.1) is 0 Å². The quantitative estimate of drug-likeness (QED) is 0.674. The zero-order valence-corrected chi connectivity index (χ0v) is 11.3. The number of halogens is 4. The molecule has 0 heterocycles. The molecule has 1 atom stereocenters. The Kier molecular flexibility index (Phi) is 6.44. The van der Waals surface area contributed by atoms with Crippen molar-refractivity contribution in [2.24, 2.45) is 5.73 Å². The van der Waals surface area contributed by atoms with Gasteiger partial charge in [0.2, 0.25) is 0 Å². The molecule has 0 aromatic heterocycles. The van der Waals surface area contributed by atoms with E-state index in [-0.39, 0.29) is 33.0 Å². The minimum absolute atomic E-state index is 0. The molecule has 2 N–H and O–H groups in total. The molecular weight excluding hydrogens is 296 g/mol. The molecule has 90 valence electrons. The van der Waals surface area contributed by atoms with Crippen LogP contribution in [-0.4, -0.2) is 13.1 Å². The van der Waals surface area contributed by atoms with Crippen LogP contribution in [0.1, 0.15) is 11.6 Å². The summed E-state index contributed by atoms with van der Waals surface area (Å²) in [5.74, 6) is -0.624. The Morgan fingerprint density at radius 1 is 1.31 bits per heavy atom. The van der Waals surface area contributed by atoms with Crippen molar-refractivity contribution in [3.63, 3.8) is 0 Å². The lowest BCUT2D eigenvalue weighted by molar-refractivity contribution is -0.142. The van der Waals surface area contributed by atoms with Gasteiger partial charge in [-0.25, -0.2) is 0 Å². The molecule has 0 aliphatic rings. The Bertz CT molecular complexity index is 397. The first-order valence-corrected chi connectivity index (χ1v) is 5.09. The molecule has 3 nitrogen and oxygen atoms in total. The van der Waals surface area contributed by atoms with Crippen molar-refractivity contribution in [3.05, 3.63) is 32.8 Å². The predicted octanol–water partition coefficient (Wildman–Crippen LogP) is 3.24. The van der Waals surface area contributed by atoms with E-state index in [0.717, 1.165) is 0 Å². The van der Waals surface area contributed by atoms with Crippen molar-refractivity contribution in [3.8, 4) is 0 Å². The second-order valence-electron chi connectivity index (χ2n) is 2.76. The highest BCUT2D eigenvalue weighted by Gasteiger charge is 2.23. The highest BCUT2D eigenvalue weighted by Crippen LogP contribution is 2.35. The standard InChI is InChI=1S/C9H8Cl3NO2.ClH/c1-15-9(14)8(13)6-4(10)2-3-5(11)7(6)12;/h2-3,8H,13H2,1H3;1H/t8-;/m0./s1. The predicted molar refractivity (Wildman–Crippen MR) is 67.7 cm³/mol. The van der Waals surface area contributed by atoms with Crippen molar-refractivity contribution >= 4 is 53.2 Å². The van der Waals surface area contributed by atoms with Crippen LogP contribution < -0.4 is 5.73 Å². The summed E-state index contributed by atoms with van der Waals surface area (Å²) >= 11 is 17.5. The monoisotopic (exact) mass is 303 g/mol. The maximum Gasteiger partial charge on any atom is 0.327 e. The smallest absolute Gasteiger partial charge is 0.327 e. The zero-order valence-electron chi connectivity index (χ0n) is 8.17. The number of carbonyl (C=O) groups excluding carboxylic acids is 1. The molecule has 0 amide bonds. The molecule has 16 heavy (non-hydrogen) atoms. The summed E-state index contributed by atoms with van der Waals surface area (Å²) in [7, 11) is 1.23. The first-order chi connectivity index (χ1) is 6.99. The Labute approximate surface area is 114 Å². The minimum Gasteiger partial charge on any atom is -0.468 e. The minimum atomic E-state index is -1.03. The largest absolute Gasteiger partial charge is 0.468 e. The number of ether oxygens (including phenoxy) is 1. The Morgan fingerprint density at radius 2 is 1.81 bits per heavy atom. The highest BCUT2D eigenvalue weighted by atomic mass is 35.5. The Morgan fingerprint density at radius 3 is 2.31 bits per heavy atom. The molecule has 0 aliphatic heterocycles. The number of methoxy groups -OCH3 is 1. The van der Waals surface area contributed by atoms with E-state index < -0.39 is 12.0 Å². The van der Waals surface area contributed by atoms with E-state index in [9.17, 15) is 4.79 Å². The third-order valence-corrected chi connectivity index (χ3v) is 2.99. The van der Waals surface area contributed by atoms with Gasteiger partial charge < -0.3 is 10.5 Å². The third-order valence-electron chi connectivity index (χ3n) is 1.85. The molecule has 0 aliphatic carbocycles. The van der Waals surface area contributed by atoms with Gasteiger partial charge in [-0.05, 0) is 12.1 Å². The number of hydrogen-bond acceptors (Lipinski definition) is 3. The summed E-state index contributed by atoms with van der Waals surface area (Å²) < 4.78 is 4.49. The van der Waals surface area contributed by atoms with Gasteiger partial charge in [0.25, 0.3) is 0 Å². The summed E-state index contributed by atoms with van der Waals surface area (Å²) in [4.78, 5) is 11.2. The summed E-state index contributed by atoms with van der Waals surface area (Å²) in [5, 5.41) is 0.736. The first kappa shape index (κ1) is 15.8. The molecule has 7 heteroatoms. The second kappa shape index (κ2) is 6.52. The number of benzene rings is 1.